The van der Waals surface area contributed by atoms with Crippen LogP contribution in [0.1, 0.15) is 0 Å². The van der Waals surface area contributed by atoms with Crippen LogP contribution in [0.2, 0.25) is 0 Å². The van der Waals surface area contributed by atoms with Crippen LogP contribution in [0.4, 0.5) is 22.0 Å². The second-order valence-corrected chi connectivity index (χ2v) is 4.66. The third kappa shape index (κ3) is 2.61. The number of rotatable bonds is 2. The first-order valence-corrected chi connectivity index (χ1v) is 5.78. The zero-order valence-corrected chi connectivity index (χ0v) is 10.0. The van der Waals surface area contributed by atoms with Gasteiger partial charge in [-0.15, -0.1) is 0 Å². The molecule has 19 heavy (non-hydrogen) atoms. The van der Waals surface area contributed by atoms with Crippen LogP contribution in [0.25, 0.3) is 0 Å². The van der Waals surface area contributed by atoms with Crippen LogP contribution in [-0.4, -0.2) is 7.85 Å². The van der Waals surface area contributed by atoms with Crippen LogP contribution < -0.4 is 5.46 Å². The van der Waals surface area contributed by atoms with Crippen molar-refractivity contribution < 1.29 is 22.0 Å². The molecule has 0 unspecified atom stereocenters. The molecule has 0 amide bonds. The van der Waals surface area contributed by atoms with Crippen molar-refractivity contribution in [3.63, 3.8) is 0 Å². The molecule has 96 valence electrons. The monoisotopic (exact) mass is 286 g/mol. The SMILES string of the molecule is [B]c1cccc(Sc2c(F)c(F)c(F)c(F)c2F)c1. The van der Waals surface area contributed by atoms with E-state index in [0.717, 1.165) is 0 Å². The lowest BCUT2D eigenvalue weighted by Crippen LogP contribution is -2.04. The van der Waals surface area contributed by atoms with Crippen LogP contribution in [0.5, 0.6) is 0 Å². The Kier molecular flexibility index (Phi) is 3.84. The molecule has 7 heteroatoms. The highest BCUT2D eigenvalue weighted by Crippen LogP contribution is 2.35. The van der Waals surface area contributed by atoms with E-state index in [4.69, 9.17) is 7.85 Å². The van der Waals surface area contributed by atoms with Crippen molar-refractivity contribution in [1.82, 2.24) is 0 Å². The summed E-state index contributed by atoms with van der Waals surface area (Å²) >= 11 is 0.415. The first kappa shape index (κ1) is 13.9. The molecule has 0 aromatic heterocycles. The minimum atomic E-state index is -2.17. The van der Waals surface area contributed by atoms with Crippen LogP contribution in [0.3, 0.4) is 0 Å². The molecule has 0 aliphatic rings. The molecule has 0 saturated carbocycles. The van der Waals surface area contributed by atoms with Gasteiger partial charge in [-0.1, -0.05) is 35.4 Å². The lowest BCUT2D eigenvalue weighted by Gasteiger charge is -2.08. The second kappa shape index (κ2) is 5.24. The maximum Gasteiger partial charge on any atom is 0.200 e. The molecule has 0 N–H and O–H groups in total. The summed E-state index contributed by atoms with van der Waals surface area (Å²) in [5.74, 6) is -9.82. The summed E-state index contributed by atoms with van der Waals surface area (Å²) in [5.41, 5.74) is 0.314. The molecule has 0 atom stereocenters. The van der Waals surface area contributed by atoms with Gasteiger partial charge >= 0.3 is 0 Å². The van der Waals surface area contributed by atoms with Gasteiger partial charge in [-0.2, -0.15) is 0 Å². The Labute approximate surface area is 111 Å². The average Bonchev–Trinajstić information content (AvgIpc) is 2.39. The van der Waals surface area contributed by atoms with Crippen molar-refractivity contribution in [1.29, 1.82) is 0 Å². The van der Waals surface area contributed by atoms with E-state index in [2.05, 4.69) is 0 Å². The van der Waals surface area contributed by atoms with E-state index in [9.17, 15) is 22.0 Å². The first-order chi connectivity index (χ1) is 8.91. The topological polar surface area (TPSA) is 0 Å². The fourth-order valence-electron chi connectivity index (χ4n) is 1.37. The quantitative estimate of drug-likeness (QED) is 0.353. The van der Waals surface area contributed by atoms with Gasteiger partial charge in [0.2, 0.25) is 5.82 Å². The molecule has 0 aliphatic carbocycles. The van der Waals surface area contributed by atoms with Gasteiger partial charge in [-0.05, 0) is 6.07 Å². The van der Waals surface area contributed by atoms with Gasteiger partial charge in [0, 0.05) is 4.90 Å². The summed E-state index contributed by atoms with van der Waals surface area (Å²) < 4.78 is 65.6. The minimum Gasteiger partial charge on any atom is -0.202 e. The van der Waals surface area contributed by atoms with Crippen molar-refractivity contribution in [3.8, 4) is 0 Å². The summed E-state index contributed by atoms with van der Waals surface area (Å²) in [5, 5.41) is 0. The smallest absolute Gasteiger partial charge is 0.200 e. The Morgan fingerprint density at radius 1 is 0.789 bits per heavy atom. The van der Waals surface area contributed by atoms with Crippen LogP contribution in [-0.2, 0) is 0 Å². The Bertz CT molecular complexity index is 615. The highest BCUT2D eigenvalue weighted by atomic mass is 32.2. The standard InChI is InChI=1S/C12H4BF5S/c13-5-2-1-3-6(4-5)19-12-10(17)8(15)7(14)9(16)11(12)18/h1-4H. The summed E-state index contributed by atoms with van der Waals surface area (Å²) in [6.45, 7) is 0. The number of halogens is 5. The summed E-state index contributed by atoms with van der Waals surface area (Å²) in [6.07, 6.45) is 0. The lowest BCUT2D eigenvalue weighted by molar-refractivity contribution is 0.361. The molecule has 2 aromatic carbocycles. The fraction of sp³-hybridized carbons (Fsp3) is 0. The number of hydrogen-bond acceptors (Lipinski definition) is 1. The number of benzene rings is 2. The Morgan fingerprint density at radius 2 is 1.32 bits per heavy atom. The minimum absolute atomic E-state index is 0.267. The zero-order chi connectivity index (χ0) is 14.2. The van der Waals surface area contributed by atoms with Crippen molar-refractivity contribution in [2.75, 3.05) is 0 Å². The molecule has 0 nitrogen and oxygen atoms in total. The van der Waals surface area contributed by atoms with E-state index in [-0.39, 0.29) is 4.90 Å². The Hall–Kier alpha value is -1.50. The molecule has 0 saturated heterocycles. The Morgan fingerprint density at radius 3 is 1.84 bits per heavy atom. The van der Waals surface area contributed by atoms with Gasteiger partial charge < -0.3 is 0 Å². The summed E-state index contributed by atoms with van der Waals surface area (Å²) in [6, 6.07) is 5.84. The molecule has 2 aromatic rings. The molecule has 2 radical (unpaired) electrons. The summed E-state index contributed by atoms with van der Waals surface area (Å²) in [7, 11) is 5.46. The fourth-order valence-corrected chi connectivity index (χ4v) is 2.31. The largest absolute Gasteiger partial charge is 0.202 e. The van der Waals surface area contributed by atoms with Crippen molar-refractivity contribution in [3.05, 3.63) is 53.4 Å². The van der Waals surface area contributed by atoms with Crippen molar-refractivity contribution in [2.24, 2.45) is 0 Å². The van der Waals surface area contributed by atoms with Crippen LogP contribution >= 0.6 is 11.8 Å². The predicted molar refractivity (Wildman–Crippen MR) is 62.2 cm³/mol. The summed E-state index contributed by atoms with van der Waals surface area (Å²) in [4.78, 5) is -0.690. The molecular weight excluding hydrogens is 282 g/mol. The highest BCUT2D eigenvalue weighted by Gasteiger charge is 2.26. The predicted octanol–water partition coefficient (Wildman–Crippen LogP) is 3.33. The van der Waals surface area contributed by atoms with E-state index in [1.807, 2.05) is 0 Å². The maximum atomic E-state index is 13.4. The van der Waals surface area contributed by atoms with Crippen molar-refractivity contribution in [2.45, 2.75) is 9.79 Å². The van der Waals surface area contributed by atoms with Gasteiger partial charge in [-0.3, -0.25) is 0 Å². The van der Waals surface area contributed by atoms with Gasteiger partial charge in [0.15, 0.2) is 23.3 Å². The van der Waals surface area contributed by atoms with E-state index in [1.54, 1.807) is 0 Å². The van der Waals surface area contributed by atoms with Gasteiger partial charge in [-0.25, -0.2) is 22.0 Å². The maximum absolute atomic E-state index is 13.4. The highest BCUT2D eigenvalue weighted by molar-refractivity contribution is 7.99. The molecule has 0 aliphatic heterocycles. The van der Waals surface area contributed by atoms with Crippen molar-refractivity contribution >= 4 is 25.1 Å². The third-order valence-electron chi connectivity index (χ3n) is 2.25. The van der Waals surface area contributed by atoms with Crippen LogP contribution in [0, 0.1) is 29.1 Å². The van der Waals surface area contributed by atoms with Gasteiger partial charge in [0.05, 0.1) is 4.90 Å². The van der Waals surface area contributed by atoms with E-state index in [0.29, 0.717) is 17.2 Å². The third-order valence-corrected chi connectivity index (χ3v) is 3.30. The van der Waals surface area contributed by atoms with E-state index in [1.165, 1.54) is 24.3 Å². The molecule has 0 fully saturated rings. The van der Waals surface area contributed by atoms with E-state index < -0.39 is 34.0 Å². The average molecular weight is 286 g/mol. The van der Waals surface area contributed by atoms with Gasteiger partial charge in [0.25, 0.3) is 0 Å². The Balaban J connectivity index is 2.52. The molecule has 2 rings (SSSR count). The van der Waals surface area contributed by atoms with Crippen LogP contribution in [0.15, 0.2) is 34.1 Å². The molecule has 0 spiro atoms. The van der Waals surface area contributed by atoms with Gasteiger partial charge in [0.1, 0.15) is 7.85 Å². The molecule has 0 bridgehead atoms. The molecule has 0 heterocycles. The lowest BCUT2D eigenvalue weighted by atomic mass is 9.97. The normalized spacial score (nSPS) is 10.8. The first-order valence-electron chi connectivity index (χ1n) is 4.96. The number of hydrogen-bond donors (Lipinski definition) is 0. The van der Waals surface area contributed by atoms with E-state index >= 15 is 0 Å². The zero-order valence-electron chi connectivity index (χ0n) is 9.18. The second-order valence-electron chi connectivity index (χ2n) is 3.57. The molecular formula is C12H4BF5S.